The molecule has 18 heavy (non-hydrogen) atoms. The summed E-state index contributed by atoms with van der Waals surface area (Å²) in [4.78, 5) is 24.1. The number of amides is 3. The van der Waals surface area contributed by atoms with Crippen molar-refractivity contribution < 1.29 is 9.59 Å². The normalized spacial score (nSPS) is 15.4. The highest BCUT2D eigenvalue weighted by atomic mass is 16.2. The Kier molecular flexibility index (Phi) is 6.49. The van der Waals surface area contributed by atoms with Crippen LogP contribution < -0.4 is 16.0 Å². The second-order valence-electron chi connectivity index (χ2n) is 4.84. The number of hydrogen-bond acceptors (Lipinski definition) is 3. The highest BCUT2D eigenvalue weighted by Crippen LogP contribution is 2.16. The molecular formula is C12H24N4O2. The Labute approximate surface area is 108 Å². The van der Waals surface area contributed by atoms with Crippen LogP contribution in [0.15, 0.2) is 0 Å². The van der Waals surface area contributed by atoms with E-state index in [2.05, 4.69) is 16.0 Å². The van der Waals surface area contributed by atoms with Gasteiger partial charge in [0.1, 0.15) is 0 Å². The van der Waals surface area contributed by atoms with Crippen molar-refractivity contribution >= 4 is 11.9 Å². The van der Waals surface area contributed by atoms with Gasteiger partial charge in [0.2, 0.25) is 5.91 Å². The van der Waals surface area contributed by atoms with E-state index < -0.39 is 0 Å². The van der Waals surface area contributed by atoms with Gasteiger partial charge < -0.3 is 20.9 Å². The zero-order valence-corrected chi connectivity index (χ0v) is 11.3. The monoisotopic (exact) mass is 256 g/mol. The third-order valence-electron chi connectivity index (χ3n) is 3.04. The van der Waals surface area contributed by atoms with E-state index >= 15 is 0 Å². The lowest BCUT2D eigenvalue weighted by atomic mass is 10.2. The molecule has 104 valence electrons. The lowest BCUT2D eigenvalue weighted by molar-refractivity contribution is -0.120. The van der Waals surface area contributed by atoms with Crippen LogP contribution in [0.2, 0.25) is 0 Å². The van der Waals surface area contributed by atoms with E-state index in [1.807, 2.05) is 0 Å². The van der Waals surface area contributed by atoms with E-state index in [1.165, 1.54) is 30.6 Å². The third kappa shape index (κ3) is 5.86. The lowest BCUT2D eigenvalue weighted by Crippen LogP contribution is -2.42. The van der Waals surface area contributed by atoms with Crippen LogP contribution in [-0.2, 0) is 4.79 Å². The summed E-state index contributed by atoms with van der Waals surface area (Å²) in [6.07, 6.45) is 4.87. The first-order valence-electron chi connectivity index (χ1n) is 6.55. The topological polar surface area (TPSA) is 73.5 Å². The number of carbonyl (C=O) groups excluding carboxylic acids is 2. The molecule has 0 bridgehead atoms. The second-order valence-corrected chi connectivity index (χ2v) is 4.84. The van der Waals surface area contributed by atoms with Crippen molar-refractivity contribution in [2.24, 2.45) is 0 Å². The molecule has 3 N–H and O–H groups in total. The van der Waals surface area contributed by atoms with Gasteiger partial charge in [0, 0.05) is 33.2 Å². The molecule has 6 nitrogen and oxygen atoms in total. The van der Waals surface area contributed by atoms with Crippen LogP contribution in [0.4, 0.5) is 4.79 Å². The molecule has 0 heterocycles. The Bertz CT molecular complexity index is 275. The van der Waals surface area contributed by atoms with Gasteiger partial charge in [-0.25, -0.2) is 4.79 Å². The summed E-state index contributed by atoms with van der Waals surface area (Å²) in [5.74, 6) is -0.0130. The van der Waals surface area contributed by atoms with Crippen LogP contribution >= 0.6 is 0 Å². The summed E-state index contributed by atoms with van der Waals surface area (Å²) < 4.78 is 0. The van der Waals surface area contributed by atoms with Gasteiger partial charge >= 0.3 is 6.03 Å². The first kappa shape index (κ1) is 14.8. The summed E-state index contributed by atoms with van der Waals surface area (Å²) >= 11 is 0. The maximum absolute atomic E-state index is 11.5. The number of rotatable bonds is 6. The number of carbonyl (C=O) groups is 2. The summed E-state index contributed by atoms with van der Waals surface area (Å²) in [6, 6.07) is 0.359. The number of nitrogens with zero attached hydrogens (tertiary/aromatic N) is 1. The van der Waals surface area contributed by atoms with Crippen molar-refractivity contribution in [1.82, 2.24) is 20.9 Å². The van der Waals surface area contributed by atoms with Gasteiger partial charge in [-0.15, -0.1) is 0 Å². The van der Waals surface area contributed by atoms with Gasteiger partial charge in [-0.05, 0) is 12.8 Å². The van der Waals surface area contributed by atoms with Gasteiger partial charge in [0.25, 0.3) is 0 Å². The SMILES string of the molecule is CN(C)C(=O)NCCNC(=O)CNC1CCCC1. The van der Waals surface area contributed by atoms with Crippen LogP contribution in [0, 0.1) is 0 Å². The molecule has 0 unspecified atom stereocenters. The molecule has 0 aliphatic heterocycles. The van der Waals surface area contributed by atoms with Gasteiger partial charge in [0.15, 0.2) is 0 Å². The molecule has 0 aromatic rings. The summed E-state index contributed by atoms with van der Waals surface area (Å²) in [5, 5.41) is 8.69. The van der Waals surface area contributed by atoms with Crippen molar-refractivity contribution in [3.05, 3.63) is 0 Å². The molecule has 1 aliphatic rings. The van der Waals surface area contributed by atoms with E-state index in [1.54, 1.807) is 14.1 Å². The van der Waals surface area contributed by atoms with Crippen LogP contribution in [0.3, 0.4) is 0 Å². The predicted molar refractivity (Wildman–Crippen MR) is 70.4 cm³/mol. The van der Waals surface area contributed by atoms with Crippen molar-refractivity contribution in [3.63, 3.8) is 0 Å². The van der Waals surface area contributed by atoms with E-state index in [4.69, 9.17) is 0 Å². The molecule has 0 radical (unpaired) electrons. The first-order valence-corrected chi connectivity index (χ1v) is 6.55. The van der Waals surface area contributed by atoms with E-state index in [-0.39, 0.29) is 11.9 Å². The van der Waals surface area contributed by atoms with Crippen molar-refractivity contribution in [2.45, 2.75) is 31.7 Å². The summed E-state index contributed by atoms with van der Waals surface area (Å²) in [7, 11) is 3.36. The molecule has 0 atom stereocenters. The van der Waals surface area contributed by atoms with Crippen LogP contribution in [0.5, 0.6) is 0 Å². The van der Waals surface area contributed by atoms with Crippen molar-refractivity contribution in [1.29, 1.82) is 0 Å². The minimum atomic E-state index is -0.145. The third-order valence-corrected chi connectivity index (χ3v) is 3.04. The Morgan fingerprint density at radius 2 is 1.72 bits per heavy atom. The first-order chi connectivity index (χ1) is 8.59. The number of urea groups is 1. The van der Waals surface area contributed by atoms with Crippen LogP contribution in [-0.4, -0.2) is 56.6 Å². The standard InChI is InChI=1S/C12H24N4O2/c1-16(2)12(18)14-8-7-13-11(17)9-15-10-5-3-4-6-10/h10,15H,3-9H2,1-2H3,(H,13,17)(H,14,18). The predicted octanol–water partition coefficient (Wildman–Crippen LogP) is -0.0940. The van der Waals surface area contributed by atoms with E-state index in [0.717, 1.165) is 0 Å². The summed E-state index contributed by atoms with van der Waals surface area (Å²) in [5.41, 5.74) is 0. The largest absolute Gasteiger partial charge is 0.353 e. The second kappa shape index (κ2) is 7.92. The highest BCUT2D eigenvalue weighted by molar-refractivity contribution is 5.78. The van der Waals surface area contributed by atoms with Gasteiger partial charge in [0.05, 0.1) is 6.54 Å². The van der Waals surface area contributed by atoms with Gasteiger partial charge in [-0.3, -0.25) is 4.79 Å². The molecular weight excluding hydrogens is 232 g/mol. The Morgan fingerprint density at radius 1 is 1.11 bits per heavy atom. The fourth-order valence-corrected chi connectivity index (χ4v) is 1.96. The zero-order chi connectivity index (χ0) is 13.4. The highest BCUT2D eigenvalue weighted by Gasteiger charge is 2.14. The van der Waals surface area contributed by atoms with Gasteiger partial charge in [-0.2, -0.15) is 0 Å². The maximum Gasteiger partial charge on any atom is 0.316 e. The molecule has 0 saturated heterocycles. The summed E-state index contributed by atoms with van der Waals surface area (Å²) in [6.45, 7) is 1.28. The molecule has 3 amide bonds. The number of hydrogen-bond donors (Lipinski definition) is 3. The van der Waals surface area contributed by atoms with Crippen molar-refractivity contribution in [3.8, 4) is 0 Å². The molecule has 0 aromatic heterocycles. The average Bonchev–Trinajstić information content (AvgIpc) is 2.84. The quantitative estimate of drug-likeness (QED) is 0.581. The lowest BCUT2D eigenvalue weighted by Gasteiger charge is -2.13. The van der Waals surface area contributed by atoms with Gasteiger partial charge in [-0.1, -0.05) is 12.8 Å². The van der Waals surface area contributed by atoms with E-state index in [9.17, 15) is 9.59 Å². The van der Waals surface area contributed by atoms with E-state index in [0.29, 0.717) is 25.7 Å². The average molecular weight is 256 g/mol. The smallest absolute Gasteiger partial charge is 0.316 e. The minimum Gasteiger partial charge on any atom is -0.353 e. The number of nitrogens with one attached hydrogen (secondary N) is 3. The molecule has 1 aliphatic carbocycles. The molecule has 6 heteroatoms. The minimum absolute atomic E-state index is 0.0130. The zero-order valence-electron chi connectivity index (χ0n) is 11.3. The molecule has 1 saturated carbocycles. The molecule has 1 fully saturated rings. The molecule has 1 rings (SSSR count). The Hall–Kier alpha value is -1.30. The maximum atomic E-state index is 11.5. The molecule has 0 aromatic carbocycles. The fraction of sp³-hybridized carbons (Fsp3) is 0.833. The Balaban J connectivity index is 1.97. The Morgan fingerprint density at radius 3 is 2.33 bits per heavy atom. The van der Waals surface area contributed by atoms with Crippen LogP contribution in [0.1, 0.15) is 25.7 Å². The van der Waals surface area contributed by atoms with Crippen molar-refractivity contribution in [2.75, 3.05) is 33.7 Å². The fourth-order valence-electron chi connectivity index (χ4n) is 1.96. The molecule has 0 spiro atoms. The van der Waals surface area contributed by atoms with Crippen LogP contribution in [0.25, 0.3) is 0 Å².